The minimum Gasteiger partial charge on any atom is -0.414 e. The molecular weight excluding hydrogens is 174 g/mol. The molecule has 0 saturated carbocycles. The third kappa shape index (κ3) is 2.00. The van der Waals surface area contributed by atoms with E-state index in [9.17, 15) is 15.3 Å². The van der Waals surface area contributed by atoms with Crippen LogP contribution in [0.4, 0.5) is 0 Å². The Morgan fingerprint density at radius 1 is 1.38 bits per heavy atom. The Morgan fingerprint density at radius 2 is 2.00 bits per heavy atom. The summed E-state index contributed by atoms with van der Waals surface area (Å²) in [6, 6.07) is -0.364. The van der Waals surface area contributed by atoms with Crippen molar-refractivity contribution in [2.45, 2.75) is 31.3 Å². The van der Waals surface area contributed by atoms with Crippen LogP contribution in [0.1, 0.15) is 6.92 Å². The molecular formula is C8H15NO4. The summed E-state index contributed by atoms with van der Waals surface area (Å²) < 4.78 is 0. The van der Waals surface area contributed by atoms with Gasteiger partial charge in [-0.25, -0.2) is 0 Å². The molecule has 0 amide bonds. The zero-order chi connectivity index (χ0) is 10.0. The van der Waals surface area contributed by atoms with Gasteiger partial charge in [-0.2, -0.15) is 0 Å². The highest BCUT2D eigenvalue weighted by Gasteiger charge is 2.39. The third-order valence-electron chi connectivity index (χ3n) is 2.27. The van der Waals surface area contributed by atoms with Crippen molar-refractivity contribution in [3.63, 3.8) is 0 Å². The molecule has 0 aliphatic carbocycles. The maximum absolute atomic E-state index is 9.45. The Kier molecular flexibility index (Phi) is 3.27. The third-order valence-corrected chi connectivity index (χ3v) is 2.27. The molecule has 0 aromatic carbocycles. The summed E-state index contributed by atoms with van der Waals surface area (Å²) in [5.74, 6) is 0. The zero-order valence-corrected chi connectivity index (χ0v) is 7.50. The summed E-state index contributed by atoms with van der Waals surface area (Å²) in [4.78, 5) is 4.95. The van der Waals surface area contributed by atoms with E-state index in [1.807, 2.05) is 0 Å². The van der Waals surface area contributed by atoms with Gasteiger partial charge in [0.1, 0.15) is 18.5 Å². The van der Waals surface area contributed by atoms with E-state index in [1.165, 1.54) is 11.3 Å². The molecule has 76 valence electrons. The van der Waals surface area contributed by atoms with E-state index in [-0.39, 0.29) is 12.6 Å². The fraction of sp³-hybridized carbons (Fsp3) is 0.750. The number of rotatable bonds is 2. The number of hydrogen-bond acceptors (Lipinski definition) is 5. The van der Waals surface area contributed by atoms with Crippen molar-refractivity contribution in [3.05, 3.63) is 12.8 Å². The van der Waals surface area contributed by atoms with E-state index >= 15 is 0 Å². The highest BCUT2D eigenvalue weighted by molar-refractivity contribution is 4.89. The van der Waals surface area contributed by atoms with E-state index in [0.717, 1.165) is 0 Å². The number of nitrogens with zero attached hydrogens (tertiary/aromatic N) is 1. The standard InChI is InChI=1S/C8H15NO4/c1-3-13-9-4-6(10)8(12)7(11)5(9)2/h3,5-8,10-12H,1,4H2,2H3/t5-,6+,7+,8-/m1/s1. The van der Waals surface area contributed by atoms with Crippen molar-refractivity contribution in [2.75, 3.05) is 6.54 Å². The summed E-state index contributed by atoms with van der Waals surface area (Å²) in [5, 5.41) is 29.4. The van der Waals surface area contributed by atoms with Crippen LogP contribution < -0.4 is 0 Å². The maximum Gasteiger partial charge on any atom is 0.109 e. The average molecular weight is 189 g/mol. The van der Waals surface area contributed by atoms with Crippen molar-refractivity contribution in [1.82, 2.24) is 5.06 Å². The van der Waals surface area contributed by atoms with Gasteiger partial charge in [-0.3, -0.25) is 0 Å². The van der Waals surface area contributed by atoms with Crippen LogP contribution in [-0.4, -0.2) is 51.3 Å². The van der Waals surface area contributed by atoms with E-state index in [4.69, 9.17) is 4.84 Å². The van der Waals surface area contributed by atoms with E-state index in [0.29, 0.717) is 0 Å². The van der Waals surface area contributed by atoms with Gasteiger partial charge in [-0.15, -0.1) is 5.06 Å². The van der Waals surface area contributed by atoms with Crippen LogP contribution >= 0.6 is 0 Å². The summed E-state index contributed by atoms with van der Waals surface area (Å²) >= 11 is 0. The van der Waals surface area contributed by atoms with Gasteiger partial charge in [-0.05, 0) is 6.92 Å². The molecule has 0 aromatic heterocycles. The number of hydrogen-bond donors (Lipinski definition) is 3. The van der Waals surface area contributed by atoms with Crippen molar-refractivity contribution >= 4 is 0 Å². The zero-order valence-electron chi connectivity index (χ0n) is 7.50. The minimum atomic E-state index is -1.11. The number of hydroxylamine groups is 2. The Labute approximate surface area is 76.8 Å². The lowest BCUT2D eigenvalue weighted by atomic mass is 9.97. The van der Waals surface area contributed by atoms with Gasteiger partial charge >= 0.3 is 0 Å². The Hall–Kier alpha value is -0.620. The van der Waals surface area contributed by atoms with Crippen LogP contribution in [0.2, 0.25) is 0 Å². The molecule has 5 heteroatoms. The molecule has 5 nitrogen and oxygen atoms in total. The lowest BCUT2D eigenvalue weighted by Crippen LogP contribution is -2.59. The normalized spacial score (nSPS) is 41.5. The predicted molar refractivity (Wildman–Crippen MR) is 45.5 cm³/mol. The molecule has 0 aromatic rings. The second kappa shape index (κ2) is 4.06. The van der Waals surface area contributed by atoms with Crippen LogP contribution in [0.15, 0.2) is 12.8 Å². The molecule has 1 aliphatic rings. The highest BCUT2D eigenvalue weighted by Crippen LogP contribution is 2.18. The number of piperidine rings is 1. The number of β-amino-alcohol motifs (C(OH)–C–C–N with tert-alkyl or cyclic N) is 1. The Balaban J connectivity index is 2.64. The van der Waals surface area contributed by atoms with Gasteiger partial charge < -0.3 is 20.2 Å². The molecule has 0 bridgehead atoms. The molecule has 0 radical (unpaired) electrons. The maximum atomic E-state index is 9.45. The molecule has 3 N–H and O–H groups in total. The van der Waals surface area contributed by atoms with Crippen LogP contribution in [-0.2, 0) is 4.84 Å². The van der Waals surface area contributed by atoms with Crippen LogP contribution in [0.3, 0.4) is 0 Å². The van der Waals surface area contributed by atoms with E-state index < -0.39 is 18.3 Å². The summed E-state index contributed by atoms with van der Waals surface area (Å²) in [6.45, 7) is 5.22. The van der Waals surface area contributed by atoms with Gasteiger partial charge in [0, 0.05) is 0 Å². The molecule has 1 saturated heterocycles. The van der Waals surface area contributed by atoms with Gasteiger partial charge in [-0.1, -0.05) is 6.58 Å². The van der Waals surface area contributed by atoms with Gasteiger partial charge in [0.15, 0.2) is 0 Å². The van der Waals surface area contributed by atoms with Crippen molar-refractivity contribution in [3.8, 4) is 0 Å². The molecule has 13 heavy (non-hydrogen) atoms. The second-order valence-corrected chi connectivity index (χ2v) is 3.16. The van der Waals surface area contributed by atoms with Gasteiger partial charge in [0.2, 0.25) is 0 Å². The van der Waals surface area contributed by atoms with Crippen molar-refractivity contribution in [1.29, 1.82) is 0 Å². The largest absolute Gasteiger partial charge is 0.414 e. The smallest absolute Gasteiger partial charge is 0.109 e. The summed E-state index contributed by atoms with van der Waals surface area (Å²) in [5.41, 5.74) is 0. The fourth-order valence-electron chi connectivity index (χ4n) is 1.38. The lowest BCUT2D eigenvalue weighted by Gasteiger charge is -2.40. The molecule has 0 spiro atoms. The average Bonchev–Trinajstić information content (AvgIpc) is 2.11. The van der Waals surface area contributed by atoms with Crippen LogP contribution in [0.5, 0.6) is 0 Å². The van der Waals surface area contributed by atoms with Crippen molar-refractivity contribution in [2.24, 2.45) is 0 Å². The van der Waals surface area contributed by atoms with E-state index in [1.54, 1.807) is 6.92 Å². The molecule has 4 atom stereocenters. The lowest BCUT2D eigenvalue weighted by molar-refractivity contribution is -0.231. The Bertz CT molecular complexity index is 187. The van der Waals surface area contributed by atoms with Gasteiger partial charge in [0.05, 0.1) is 18.7 Å². The first-order chi connectivity index (χ1) is 6.07. The first kappa shape index (κ1) is 10.5. The Morgan fingerprint density at radius 3 is 2.54 bits per heavy atom. The van der Waals surface area contributed by atoms with Crippen LogP contribution in [0.25, 0.3) is 0 Å². The summed E-state index contributed by atoms with van der Waals surface area (Å²) in [7, 11) is 0. The molecule has 1 aliphatic heterocycles. The number of aliphatic hydroxyl groups is 3. The molecule has 1 rings (SSSR count). The number of aliphatic hydroxyl groups excluding tert-OH is 3. The highest BCUT2D eigenvalue weighted by atomic mass is 16.7. The molecule has 1 heterocycles. The molecule has 1 fully saturated rings. The first-order valence-electron chi connectivity index (χ1n) is 4.16. The summed E-state index contributed by atoms with van der Waals surface area (Å²) in [6.07, 6.45) is -1.90. The topological polar surface area (TPSA) is 73.2 Å². The fourth-order valence-corrected chi connectivity index (χ4v) is 1.38. The monoisotopic (exact) mass is 189 g/mol. The van der Waals surface area contributed by atoms with E-state index in [2.05, 4.69) is 6.58 Å². The van der Waals surface area contributed by atoms with Crippen molar-refractivity contribution < 1.29 is 20.2 Å². The minimum absolute atomic E-state index is 0.158. The van der Waals surface area contributed by atoms with Crippen LogP contribution in [0, 0.1) is 0 Å². The second-order valence-electron chi connectivity index (χ2n) is 3.16. The SMILES string of the molecule is C=CON1C[C@H](O)[C@@H](O)[C@@H](O)[C@H]1C. The quantitative estimate of drug-likeness (QED) is 0.478. The predicted octanol–water partition coefficient (Wildman–Crippen LogP) is -1.15. The van der Waals surface area contributed by atoms with Gasteiger partial charge in [0.25, 0.3) is 0 Å². The first-order valence-corrected chi connectivity index (χ1v) is 4.16. The molecule has 0 unspecified atom stereocenters.